The number of halogens is 4. The van der Waals surface area contributed by atoms with Crippen LogP contribution in [0.4, 0.5) is 18.9 Å². The summed E-state index contributed by atoms with van der Waals surface area (Å²) in [6.07, 6.45) is -4.20. The molecule has 0 saturated heterocycles. The minimum absolute atomic E-state index is 0.318. The maximum atomic E-state index is 12.7. The van der Waals surface area contributed by atoms with Crippen LogP contribution >= 0.6 is 15.9 Å². The SMILES string of the molecule is CCN(CC(F)(F)F)c1ccc(Br)cc1CNCC(C)C. The third-order valence-electron chi connectivity index (χ3n) is 3.00. The zero-order valence-electron chi connectivity index (χ0n) is 12.6. The molecule has 0 fully saturated rings. The van der Waals surface area contributed by atoms with Gasteiger partial charge in [-0.05, 0) is 43.1 Å². The van der Waals surface area contributed by atoms with Gasteiger partial charge in [0, 0.05) is 23.2 Å². The van der Waals surface area contributed by atoms with E-state index in [1.54, 1.807) is 19.1 Å². The highest BCUT2D eigenvalue weighted by Gasteiger charge is 2.31. The Hall–Kier alpha value is -0.750. The van der Waals surface area contributed by atoms with E-state index in [4.69, 9.17) is 0 Å². The van der Waals surface area contributed by atoms with E-state index < -0.39 is 12.7 Å². The van der Waals surface area contributed by atoms with Crippen LogP contribution in [0.2, 0.25) is 0 Å². The van der Waals surface area contributed by atoms with Gasteiger partial charge in [0.05, 0.1) is 0 Å². The molecule has 0 spiro atoms. The molecule has 0 atom stereocenters. The van der Waals surface area contributed by atoms with Crippen molar-refractivity contribution in [2.24, 2.45) is 5.92 Å². The molecule has 0 aliphatic carbocycles. The third kappa shape index (κ3) is 6.70. The van der Waals surface area contributed by atoms with Gasteiger partial charge < -0.3 is 10.2 Å². The van der Waals surface area contributed by atoms with Crippen molar-refractivity contribution in [1.82, 2.24) is 5.32 Å². The molecular formula is C15H22BrF3N2. The number of hydrogen-bond acceptors (Lipinski definition) is 2. The first kappa shape index (κ1) is 18.3. The smallest absolute Gasteiger partial charge is 0.363 e. The van der Waals surface area contributed by atoms with Crippen molar-refractivity contribution < 1.29 is 13.2 Å². The quantitative estimate of drug-likeness (QED) is 0.759. The summed E-state index contributed by atoms with van der Waals surface area (Å²) in [5.41, 5.74) is 1.51. The molecule has 0 saturated carbocycles. The predicted molar refractivity (Wildman–Crippen MR) is 84.6 cm³/mol. The highest BCUT2D eigenvalue weighted by Crippen LogP contribution is 2.27. The van der Waals surface area contributed by atoms with E-state index in [9.17, 15) is 13.2 Å². The Kier molecular flexibility index (Phi) is 7.00. The van der Waals surface area contributed by atoms with E-state index in [1.807, 2.05) is 6.07 Å². The molecule has 6 heteroatoms. The van der Waals surface area contributed by atoms with E-state index in [1.165, 1.54) is 4.90 Å². The molecule has 120 valence electrons. The summed E-state index contributed by atoms with van der Waals surface area (Å²) in [4.78, 5) is 1.36. The van der Waals surface area contributed by atoms with Crippen LogP contribution in [0.1, 0.15) is 26.3 Å². The highest BCUT2D eigenvalue weighted by atomic mass is 79.9. The second kappa shape index (κ2) is 8.03. The highest BCUT2D eigenvalue weighted by molar-refractivity contribution is 9.10. The van der Waals surface area contributed by atoms with Crippen LogP contribution in [0.15, 0.2) is 22.7 Å². The molecule has 21 heavy (non-hydrogen) atoms. The van der Waals surface area contributed by atoms with Crippen molar-refractivity contribution in [2.45, 2.75) is 33.5 Å². The number of anilines is 1. The molecule has 0 radical (unpaired) electrons. The van der Waals surface area contributed by atoms with Gasteiger partial charge in [0.2, 0.25) is 0 Å². The van der Waals surface area contributed by atoms with Crippen LogP contribution in [0.25, 0.3) is 0 Å². The Morgan fingerprint density at radius 3 is 2.48 bits per heavy atom. The van der Waals surface area contributed by atoms with Crippen LogP contribution in [0.5, 0.6) is 0 Å². The lowest BCUT2D eigenvalue weighted by Crippen LogP contribution is -2.35. The summed E-state index contributed by atoms with van der Waals surface area (Å²) in [6, 6.07) is 5.40. The Balaban J connectivity index is 2.93. The molecule has 1 aromatic carbocycles. The fourth-order valence-electron chi connectivity index (χ4n) is 2.08. The summed E-state index contributed by atoms with van der Waals surface area (Å²) >= 11 is 3.38. The number of nitrogens with zero attached hydrogens (tertiary/aromatic N) is 1. The van der Waals surface area contributed by atoms with Crippen molar-refractivity contribution in [3.8, 4) is 0 Å². The molecule has 2 nitrogen and oxygen atoms in total. The van der Waals surface area contributed by atoms with Gasteiger partial charge in [-0.15, -0.1) is 0 Å². The van der Waals surface area contributed by atoms with Crippen molar-refractivity contribution in [1.29, 1.82) is 0 Å². The average Bonchev–Trinajstić information content (AvgIpc) is 2.35. The minimum Gasteiger partial charge on any atom is -0.363 e. The number of rotatable bonds is 7. The van der Waals surface area contributed by atoms with Gasteiger partial charge in [0.25, 0.3) is 0 Å². The molecule has 0 unspecified atom stereocenters. The first-order chi connectivity index (χ1) is 9.73. The molecule has 0 aliphatic rings. The lowest BCUT2D eigenvalue weighted by atomic mass is 10.1. The molecule has 0 heterocycles. The summed E-state index contributed by atoms with van der Waals surface area (Å²) < 4.78 is 38.9. The summed E-state index contributed by atoms with van der Waals surface area (Å²) in [5.74, 6) is 0.498. The molecule has 0 bridgehead atoms. The van der Waals surface area contributed by atoms with Crippen LogP contribution in [-0.2, 0) is 6.54 Å². The fraction of sp³-hybridized carbons (Fsp3) is 0.600. The summed E-state index contributed by atoms with van der Waals surface area (Å²) in [5, 5.41) is 3.28. The molecule has 0 aromatic heterocycles. The molecular weight excluding hydrogens is 345 g/mol. The monoisotopic (exact) mass is 366 g/mol. The minimum atomic E-state index is -4.20. The Morgan fingerprint density at radius 2 is 1.95 bits per heavy atom. The number of alkyl halides is 3. The van der Waals surface area contributed by atoms with Gasteiger partial charge in [0.1, 0.15) is 6.54 Å². The van der Waals surface area contributed by atoms with Crippen molar-refractivity contribution >= 4 is 21.6 Å². The Bertz CT molecular complexity index is 447. The number of hydrogen-bond donors (Lipinski definition) is 1. The van der Waals surface area contributed by atoms with Crippen LogP contribution in [-0.4, -0.2) is 25.8 Å². The van der Waals surface area contributed by atoms with Gasteiger partial charge in [0.15, 0.2) is 0 Å². The van der Waals surface area contributed by atoms with Crippen molar-refractivity contribution in [3.05, 3.63) is 28.2 Å². The topological polar surface area (TPSA) is 15.3 Å². The Morgan fingerprint density at radius 1 is 1.29 bits per heavy atom. The van der Waals surface area contributed by atoms with Gasteiger partial charge >= 0.3 is 6.18 Å². The molecule has 1 rings (SSSR count). The van der Waals surface area contributed by atoms with E-state index in [2.05, 4.69) is 35.1 Å². The zero-order chi connectivity index (χ0) is 16.0. The van der Waals surface area contributed by atoms with E-state index >= 15 is 0 Å². The van der Waals surface area contributed by atoms with E-state index in [0.29, 0.717) is 24.7 Å². The number of benzene rings is 1. The van der Waals surface area contributed by atoms with Crippen molar-refractivity contribution in [3.63, 3.8) is 0 Å². The van der Waals surface area contributed by atoms with E-state index in [0.717, 1.165) is 16.6 Å². The zero-order valence-corrected chi connectivity index (χ0v) is 14.2. The second-order valence-corrected chi connectivity index (χ2v) is 6.34. The molecule has 1 aromatic rings. The van der Waals surface area contributed by atoms with Gasteiger partial charge in [-0.25, -0.2) is 0 Å². The van der Waals surface area contributed by atoms with E-state index in [-0.39, 0.29) is 0 Å². The maximum Gasteiger partial charge on any atom is 0.405 e. The van der Waals surface area contributed by atoms with Gasteiger partial charge in [-0.2, -0.15) is 13.2 Å². The average molecular weight is 367 g/mol. The predicted octanol–water partition coefficient (Wildman–Crippen LogP) is 4.58. The first-order valence-corrected chi connectivity index (χ1v) is 7.83. The van der Waals surface area contributed by atoms with Crippen LogP contribution in [0, 0.1) is 5.92 Å². The normalized spacial score (nSPS) is 12.0. The lowest BCUT2D eigenvalue weighted by molar-refractivity contribution is -0.119. The van der Waals surface area contributed by atoms with Gasteiger partial charge in [-0.1, -0.05) is 29.8 Å². The standard InChI is InChI=1S/C15H22BrF3N2/c1-4-21(10-15(17,18)19)14-6-5-13(16)7-12(14)9-20-8-11(2)3/h5-7,11,20H,4,8-10H2,1-3H3. The fourth-order valence-corrected chi connectivity index (χ4v) is 2.49. The second-order valence-electron chi connectivity index (χ2n) is 5.43. The molecule has 0 amide bonds. The summed E-state index contributed by atoms with van der Waals surface area (Å²) in [7, 11) is 0. The largest absolute Gasteiger partial charge is 0.405 e. The van der Waals surface area contributed by atoms with Crippen LogP contribution in [0.3, 0.4) is 0 Å². The Labute approximate surface area is 132 Å². The van der Waals surface area contributed by atoms with Gasteiger partial charge in [-0.3, -0.25) is 0 Å². The molecule has 0 aliphatic heterocycles. The summed E-state index contributed by atoms with van der Waals surface area (Å²) in [6.45, 7) is 6.70. The van der Waals surface area contributed by atoms with Crippen LogP contribution < -0.4 is 10.2 Å². The van der Waals surface area contributed by atoms with Crippen molar-refractivity contribution in [2.75, 3.05) is 24.5 Å². The first-order valence-electron chi connectivity index (χ1n) is 7.03. The number of nitrogens with one attached hydrogen (secondary N) is 1. The maximum absolute atomic E-state index is 12.7. The lowest BCUT2D eigenvalue weighted by Gasteiger charge is -2.27. The third-order valence-corrected chi connectivity index (χ3v) is 3.50. The molecule has 1 N–H and O–H groups in total.